The number of rotatable bonds is 4. The van der Waals surface area contributed by atoms with Gasteiger partial charge in [-0.2, -0.15) is 0 Å². The quantitative estimate of drug-likeness (QED) is 0.837. The first-order valence-corrected chi connectivity index (χ1v) is 8.25. The van der Waals surface area contributed by atoms with Crippen molar-refractivity contribution in [2.24, 2.45) is 0 Å². The Balaban J connectivity index is 1.70. The zero-order valence-electron chi connectivity index (χ0n) is 13.0. The van der Waals surface area contributed by atoms with Gasteiger partial charge in [0, 0.05) is 17.6 Å². The molecule has 0 unspecified atom stereocenters. The molecule has 2 aromatic rings. The summed E-state index contributed by atoms with van der Waals surface area (Å²) in [6.45, 7) is 3.07. The van der Waals surface area contributed by atoms with Crippen LogP contribution in [0.4, 0.5) is 14.9 Å². The molecule has 0 spiro atoms. The van der Waals surface area contributed by atoms with Gasteiger partial charge < -0.3 is 19.7 Å². The predicted octanol–water partition coefficient (Wildman–Crippen LogP) is 4.37. The molecule has 0 atom stereocenters. The van der Waals surface area contributed by atoms with Crippen molar-refractivity contribution in [3.05, 3.63) is 52.3 Å². The van der Waals surface area contributed by atoms with Gasteiger partial charge in [-0.15, -0.1) is 0 Å². The summed E-state index contributed by atoms with van der Waals surface area (Å²) in [7, 11) is 0. The van der Waals surface area contributed by atoms with Gasteiger partial charge in [-0.25, -0.2) is 9.18 Å². The maximum absolute atomic E-state index is 13.1. The van der Waals surface area contributed by atoms with E-state index >= 15 is 0 Å². The van der Waals surface area contributed by atoms with Crippen LogP contribution in [0.25, 0.3) is 0 Å². The number of amides is 2. The highest BCUT2D eigenvalue weighted by Gasteiger charge is 2.17. The van der Waals surface area contributed by atoms with Crippen LogP contribution < -0.4 is 14.8 Å². The normalized spacial score (nSPS) is 12.1. The summed E-state index contributed by atoms with van der Waals surface area (Å²) < 4.78 is 24.3. The first-order chi connectivity index (χ1) is 11.6. The highest BCUT2D eigenvalue weighted by Crippen LogP contribution is 2.33. The van der Waals surface area contributed by atoms with Crippen LogP contribution in [-0.4, -0.2) is 24.3 Å². The molecule has 0 aromatic heterocycles. The predicted molar refractivity (Wildman–Crippen MR) is 91.8 cm³/mol. The molecular formula is C17H16BrFN2O3. The molecule has 0 fully saturated rings. The fourth-order valence-corrected chi connectivity index (χ4v) is 2.82. The summed E-state index contributed by atoms with van der Waals surface area (Å²) in [6.07, 6.45) is 0. The highest BCUT2D eigenvalue weighted by atomic mass is 79.9. The van der Waals surface area contributed by atoms with Crippen molar-refractivity contribution in [2.45, 2.75) is 13.5 Å². The van der Waals surface area contributed by atoms with E-state index in [0.717, 1.165) is 5.56 Å². The van der Waals surface area contributed by atoms with Gasteiger partial charge in [-0.1, -0.05) is 6.07 Å². The molecule has 126 valence electrons. The summed E-state index contributed by atoms with van der Waals surface area (Å²) in [5, 5.41) is 2.78. The lowest BCUT2D eigenvalue weighted by molar-refractivity contribution is 0.174. The lowest BCUT2D eigenvalue weighted by atomic mass is 10.2. The van der Waals surface area contributed by atoms with E-state index in [4.69, 9.17) is 9.47 Å². The topological polar surface area (TPSA) is 50.8 Å². The third kappa shape index (κ3) is 3.62. The van der Waals surface area contributed by atoms with E-state index < -0.39 is 0 Å². The number of carbonyl (C=O) groups excluding carboxylic acids is 1. The van der Waals surface area contributed by atoms with Crippen LogP contribution in [0.3, 0.4) is 0 Å². The van der Waals surface area contributed by atoms with Crippen LogP contribution in [0.15, 0.2) is 40.9 Å². The first kappa shape index (κ1) is 16.6. The Labute approximate surface area is 147 Å². The second kappa shape index (κ2) is 7.09. The zero-order chi connectivity index (χ0) is 17.1. The van der Waals surface area contributed by atoms with Crippen molar-refractivity contribution in [1.29, 1.82) is 0 Å². The highest BCUT2D eigenvalue weighted by molar-refractivity contribution is 9.10. The van der Waals surface area contributed by atoms with E-state index in [-0.39, 0.29) is 18.6 Å². The van der Waals surface area contributed by atoms with E-state index in [2.05, 4.69) is 21.2 Å². The van der Waals surface area contributed by atoms with Crippen molar-refractivity contribution in [3.8, 4) is 11.5 Å². The number of fused-ring (bicyclic) bond motifs is 1. The average molecular weight is 395 g/mol. The minimum Gasteiger partial charge on any atom is -0.454 e. The molecule has 1 N–H and O–H groups in total. The Hall–Kier alpha value is -2.28. The molecule has 1 heterocycles. The van der Waals surface area contributed by atoms with Crippen LogP contribution in [0, 0.1) is 5.82 Å². The van der Waals surface area contributed by atoms with E-state index in [1.54, 1.807) is 4.90 Å². The van der Waals surface area contributed by atoms with Crippen molar-refractivity contribution < 1.29 is 18.7 Å². The van der Waals surface area contributed by atoms with Gasteiger partial charge in [0.2, 0.25) is 6.79 Å². The van der Waals surface area contributed by atoms with Gasteiger partial charge in [0.25, 0.3) is 0 Å². The molecule has 0 radical (unpaired) electrons. The molecule has 7 heteroatoms. The van der Waals surface area contributed by atoms with Crippen molar-refractivity contribution >= 4 is 27.6 Å². The van der Waals surface area contributed by atoms with Crippen molar-refractivity contribution in [2.75, 3.05) is 18.7 Å². The molecule has 2 amide bonds. The Bertz CT molecular complexity index is 769. The van der Waals surface area contributed by atoms with E-state index in [1.165, 1.54) is 18.2 Å². The number of anilines is 1. The number of nitrogens with zero attached hydrogens (tertiary/aromatic N) is 1. The molecule has 1 aliphatic rings. The molecule has 3 rings (SSSR count). The van der Waals surface area contributed by atoms with Crippen LogP contribution in [-0.2, 0) is 6.54 Å². The van der Waals surface area contributed by atoms with Crippen LogP contribution in [0.1, 0.15) is 12.5 Å². The molecule has 2 aromatic carbocycles. The Morgan fingerprint density at radius 1 is 1.25 bits per heavy atom. The maximum Gasteiger partial charge on any atom is 0.322 e. The summed E-state index contributed by atoms with van der Waals surface area (Å²) in [4.78, 5) is 14.1. The van der Waals surface area contributed by atoms with Crippen molar-refractivity contribution in [1.82, 2.24) is 4.90 Å². The number of hydrogen-bond acceptors (Lipinski definition) is 3. The third-order valence-electron chi connectivity index (χ3n) is 3.65. The third-order valence-corrected chi connectivity index (χ3v) is 4.31. The van der Waals surface area contributed by atoms with Gasteiger partial charge in [0.1, 0.15) is 5.82 Å². The minimum absolute atomic E-state index is 0.218. The summed E-state index contributed by atoms with van der Waals surface area (Å²) in [5.74, 6) is 1.03. The summed E-state index contributed by atoms with van der Waals surface area (Å²) in [5.41, 5.74) is 1.46. The molecule has 1 aliphatic heterocycles. The molecule has 0 aliphatic carbocycles. The molecule has 5 nitrogen and oxygen atoms in total. The SMILES string of the molecule is CCN(Cc1ccc2c(c1)OCO2)C(=O)Nc1ccc(F)cc1Br. The van der Waals surface area contributed by atoms with Crippen LogP contribution in [0.2, 0.25) is 0 Å². The number of ether oxygens (including phenoxy) is 2. The monoisotopic (exact) mass is 394 g/mol. The molecule has 24 heavy (non-hydrogen) atoms. The average Bonchev–Trinajstić information content (AvgIpc) is 3.02. The number of benzene rings is 2. The number of hydrogen-bond donors (Lipinski definition) is 1. The fraction of sp³-hybridized carbons (Fsp3) is 0.235. The molecular weight excluding hydrogens is 379 g/mol. The fourth-order valence-electron chi connectivity index (χ4n) is 2.37. The second-order valence-corrected chi connectivity index (χ2v) is 6.11. The minimum atomic E-state index is -0.368. The molecule has 0 saturated heterocycles. The van der Waals surface area contributed by atoms with E-state index in [9.17, 15) is 9.18 Å². The number of carbonyl (C=O) groups is 1. The smallest absolute Gasteiger partial charge is 0.322 e. The summed E-state index contributed by atoms with van der Waals surface area (Å²) >= 11 is 3.24. The maximum atomic E-state index is 13.1. The van der Waals surface area contributed by atoms with Crippen molar-refractivity contribution in [3.63, 3.8) is 0 Å². The lowest BCUT2D eigenvalue weighted by Gasteiger charge is -2.22. The molecule has 0 bridgehead atoms. The van der Waals surface area contributed by atoms with Gasteiger partial charge in [-0.05, 0) is 58.7 Å². The Morgan fingerprint density at radius 2 is 2.04 bits per heavy atom. The van der Waals surface area contributed by atoms with Gasteiger partial charge in [-0.3, -0.25) is 0 Å². The van der Waals surface area contributed by atoms with Gasteiger partial charge in [0.15, 0.2) is 11.5 Å². The largest absolute Gasteiger partial charge is 0.454 e. The summed E-state index contributed by atoms with van der Waals surface area (Å²) in [6, 6.07) is 9.47. The second-order valence-electron chi connectivity index (χ2n) is 5.26. The van der Waals surface area contributed by atoms with Gasteiger partial charge in [0.05, 0.1) is 5.69 Å². The van der Waals surface area contributed by atoms with Crippen LogP contribution >= 0.6 is 15.9 Å². The number of nitrogens with one attached hydrogen (secondary N) is 1. The Morgan fingerprint density at radius 3 is 2.79 bits per heavy atom. The number of urea groups is 1. The lowest BCUT2D eigenvalue weighted by Crippen LogP contribution is -2.34. The zero-order valence-corrected chi connectivity index (χ0v) is 14.6. The van der Waals surface area contributed by atoms with Crippen LogP contribution in [0.5, 0.6) is 11.5 Å². The van der Waals surface area contributed by atoms with E-state index in [1.807, 2.05) is 25.1 Å². The Kier molecular flexibility index (Phi) is 4.89. The number of halogens is 2. The van der Waals surface area contributed by atoms with E-state index in [0.29, 0.717) is 34.7 Å². The standard InChI is InChI=1S/C17H16BrFN2O3/c1-2-21(9-11-3-6-15-16(7-11)24-10-23-15)17(22)20-14-5-4-12(19)8-13(14)18/h3-8H,2,9-10H2,1H3,(H,20,22). The molecule has 0 saturated carbocycles. The first-order valence-electron chi connectivity index (χ1n) is 7.46. The van der Waals surface area contributed by atoms with Gasteiger partial charge >= 0.3 is 6.03 Å².